The van der Waals surface area contributed by atoms with Gasteiger partial charge in [0.05, 0.1) is 0 Å². The molecule has 0 fully saturated rings. The van der Waals surface area contributed by atoms with E-state index in [1.165, 1.54) is 25.1 Å². The first-order valence-electron chi connectivity index (χ1n) is 9.22. The maximum Gasteiger partial charge on any atom is 0.308 e. The summed E-state index contributed by atoms with van der Waals surface area (Å²) in [7, 11) is 0. The van der Waals surface area contributed by atoms with Crippen molar-refractivity contribution >= 4 is 11.8 Å². The highest BCUT2D eigenvalue weighted by Gasteiger charge is 2.23. The molecule has 150 valence electrons. The molecular weight excluding hydrogens is 360 g/mol. The van der Waals surface area contributed by atoms with Crippen LogP contribution < -0.4 is 4.74 Å². The van der Waals surface area contributed by atoms with Gasteiger partial charge in [-0.1, -0.05) is 26.0 Å². The minimum absolute atomic E-state index is 0.0599. The van der Waals surface area contributed by atoms with Crippen LogP contribution in [0.1, 0.15) is 43.9 Å². The van der Waals surface area contributed by atoms with Gasteiger partial charge in [-0.25, -0.2) is 0 Å². The van der Waals surface area contributed by atoms with E-state index in [4.69, 9.17) is 4.74 Å². The zero-order valence-electron chi connectivity index (χ0n) is 16.4. The molecule has 0 aliphatic carbocycles. The van der Waals surface area contributed by atoms with Crippen LogP contribution in [0.25, 0.3) is 0 Å². The number of hydrogen-bond donors (Lipinski definition) is 3. The van der Waals surface area contributed by atoms with E-state index in [9.17, 15) is 24.9 Å². The van der Waals surface area contributed by atoms with Crippen molar-refractivity contribution in [2.24, 2.45) is 5.92 Å². The van der Waals surface area contributed by atoms with E-state index >= 15 is 0 Å². The van der Waals surface area contributed by atoms with Crippen molar-refractivity contribution in [1.29, 1.82) is 0 Å². The van der Waals surface area contributed by atoms with Crippen molar-refractivity contribution < 1.29 is 29.6 Å². The molecule has 0 unspecified atom stereocenters. The number of carbonyl (C=O) groups is 2. The molecular formula is C22H26O6. The lowest BCUT2D eigenvalue weighted by Gasteiger charge is -2.17. The fraction of sp³-hybridized carbons (Fsp3) is 0.364. The molecule has 0 aliphatic rings. The third-order valence-corrected chi connectivity index (χ3v) is 4.37. The lowest BCUT2D eigenvalue weighted by molar-refractivity contribution is -0.132. The van der Waals surface area contributed by atoms with Crippen molar-refractivity contribution in [3.05, 3.63) is 47.0 Å². The van der Waals surface area contributed by atoms with Crippen LogP contribution in [0.3, 0.4) is 0 Å². The number of ketones is 1. The number of carbonyl (C=O) groups excluding carboxylic acids is 2. The molecule has 28 heavy (non-hydrogen) atoms. The predicted molar refractivity (Wildman–Crippen MR) is 105 cm³/mol. The summed E-state index contributed by atoms with van der Waals surface area (Å²) < 4.78 is 5.29. The van der Waals surface area contributed by atoms with Crippen LogP contribution in [0.5, 0.6) is 23.0 Å². The fourth-order valence-corrected chi connectivity index (χ4v) is 2.93. The summed E-state index contributed by atoms with van der Waals surface area (Å²) in [6, 6.07) is 7.46. The molecule has 0 amide bonds. The Morgan fingerprint density at radius 3 is 2.14 bits per heavy atom. The lowest BCUT2D eigenvalue weighted by atomic mass is 9.95. The van der Waals surface area contributed by atoms with Gasteiger partial charge >= 0.3 is 5.97 Å². The number of hydrogen-bond acceptors (Lipinski definition) is 6. The van der Waals surface area contributed by atoms with E-state index in [2.05, 4.69) is 0 Å². The summed E-state index contributed by atoms with van der Waals surface area (Å²) >= 11 is 0. The Hall–Kier alpha value is -3.02. The van der Waals surface area contributed by atoms with Gasteiger partial charge in [0.1, 0.15) is 28.8 Å². The standard InChI is InChI=1S/C22H26O6/c1-13(2)4-9-18-20(26)12-21(27)19(22(18)28-14(3)23)11-17(25)10-15-5-7-16(24)8-6-15/h5-8,12-13,24,26-27H,4,9-11H2,1-3H3. The van der Waals surface area contributed by atoms with E-state index in [1.807, 2.05) is 13.8 Å². The molecule has 6 nitrogen and oxygen atoms in total. The minimum Gasteiger partial charge on any atom is -0.508 e. The molecule has 0 aromatic heterocycles. The third-order valence-electron chi connectivity index (χ3n) is 4.37. The van der Waals surface area contributed by atoms with Crippen LogP contribution in [-0.4, -0.2) is 27.1 Å². The van der Waals surface area contributed by atoms with Crippen LogP contribution in [0.15, 0.2) is 30.3 Å². The Bertz CT molecular complexity index is 852. The van der Waals surface area contributed by atoms with Gasteiger partial charge in [-0.2, -0.15) is 0 Å². The number of phenols is 3. The Morgan fingerprint density at radius 2 is 1.57 bits per heavy atom. The SMILES string of the molecule is CC(=O)Oc1c(CCC(C)C)c(O)cc(O)c1CC(=O)Cc1ccc(O)cc1. The molecule has 0 saturated heterocycles. The van der Waals surface area contributed by atoms with Crippen molar-refractivity contribution in [1.82, 2.24) is 0 Å². The number of esters is 1. The van der Waals surface area contributed by atoms with Crippen LogP contribution in [-0.2, 0) is 28.9 Å². The Morgan fingerprint density at radius 1 is 0.964 bits per heavy atom. The van der Waals surface area contributed by atoms with Crippen LogP contribution >= 0.6 is 0 Å². The summed E-state index contributed by atoms with van der Waals surface area (Å²) in [5.41, 5.74) is 1.32. The van der Waals surface area contributed by atoms with E-state index < -0.39 is 5.97 Å². The third kappa shape index (κ3) is 5.74. The minimum atomic E-state index is -0.594. The topological polar surface area (TPSA) is 104 Å². The highest BCUT2D eigenvalue weighted by molar-refractivity contribution is 5.85. The summed E-state index contributed by atoms with van der Waals surface area (Å²) in [4.78, 5) is 24.1. The number of phenolic OH excluding ortho intramolecular Hbond substituents is 3. The maximum atomic E-state index is 12.5. The quantitative estimate of drug-likeness (QED) is 0.472. The van der Waals surface area contributed by atoms with Crippen molar-refractivity contribution in [2.75, 3.05) is 0 Å². The Balaban J connectivity index is 2.34. The zero-order valence-corrected chi connectivity index (χ0v) is 16.4. The molecule has 0 heterocycles. The van der Waals surface area contributed by atoms with E-state index in [0.717, 1.165) is 12.0 Å². The molecule has 0 spiro atoms. The normalized spacial score (nSPS) is 10.9. The van der Waals surface area contributed by atoms with Gasteiger partial charge in [0.25, 0.3) is 0 Å². The number of ether oxygens (including phenoxy) is 1. The van der Waals surface area contributed by atoms with Gasteiger partial charge in [0.2, 0.25) is 0 Å². The highest BCUT2D eigenvalue weighted by atomic mass is 16.5. The largest absolute Gasteiger partial charge is 0.508 e. The molecule has 0 atom stereocenters. The van der Waals surface area contributed by atoms with Gasteiger partial charge in [-0.3, -0.25) is 9.59 Å². The highest BCUT2D eigenvalue weighted by Crippen LogP contribution is 2.40. The predicted octanol–water partition coefficient (Wildman–Crippen LogP) is 3.67. The Labute approximate surface area is 164 Å². The molecule has 0 bridgehead atoms. The van der Waals surface area contributed by atoms with Crippen molar-refractivity contribution in [2.45, 2.75) is 46.5 Å². The summed E-state index contributed by atoms with van der Waals surface area (Å²) in [6.07, 6.45) is 1.14. The van der Waals surface area contributed by atoms with E-state index in [1.54, 1.807) is 12.1 Å². The molecule has 2 rings (SSSR count). The van der Waals surface area contributed by atoms with Gasteiger partial charge in [-0.05, 0) is 36.5 Å². The smallest absolute Gasteiger partial charge is 0.308 e. The number of benzene rings is 2. The summed E-state index contributed by atoms with van der Waals surface area (Å²) in [6.45, 7) is 5.30. The number of aromatic hydroxyl groups is 3. The molecule has 6 heteroatoms. The summed E-state index contributed by atoms with van der Waals surface area (Å²) in [5, 5.41) is 29.9. The molecule has 2 aromatic rings. The summed E-state index contributed by atoms with van der Waals surface area (Å²) in [5.74, 6) is -0.717. The van der Waals surface area contributed by atoms with Crippen LogP contribution in [0.4, 0.5) is 0 Å². The molecule has 0 saturated carbocycles. The first kappa shape index (κ1) is 21.3. The van der Waals surface area contributed by atoms with Gasteiger partial charge in [-0.15, -0.1) is 0 Å². The molecule has 0 radical (unpaired) electrons. The van der Waals surface area contributed by atoms with Gasteiger partial charge in [0.15, 0.2) is 0 Å². The average molecular weight is 386 g/mol. The van der Waals surface area contributed by atoms with Crippen molar-refractivity contribution in [3.63, 3.8) is 0 Å². The molecule has 0 aliphatic heterocycles. The van der Waals surface area contributed by atoms with E-state index in [-0.39, 0.29) is 47.2 Å². The monoisotopic (exact) mass is 386 g/mol. The maximum absolute atomic E-state index is 12.5. The van der Waals surface area contributed by atoms with E-state index in [0.29, 0.717) is 17.9 Å². The average Bonchev–Trinajstić information content (AvgIpc) is 2.59. The second kappa shape index (κ2) is 9.26. The van der Waals surface area contributed by atoms with Crippen LogP contribution in [0, 0.1) is 5.92 Å². The lowest BCUT2D eigenvalue weighted by Crippen LogP contribution is -2.12. The number of Topliss-reactive ketones (excluding diaryl/α,β-unsaturated/α-hetero) is 1. The van der Waals surface area contributed by atoms with Crippen LogP contribution in [0.2, 0.25) is 0 Å². The second-order valence-electron chi connectivity index (χ2n) is 7.29. The molecule has 2 aromatic carbocycles. The zero-order chi connectivity index (χ0) is 20.8. The van der Waals surface area contributed by atoms with Gasteiger partial charge < -0.3 is 20.1 Å². The first-order chi connectivity index (χ1) is 13.2. The second-order valence-corrected chi connectivity index (χ2v) is 7.29. The number of rotatable bonds is 8. The first-order valence-corrected chi connectivity index (χ1v) is 9.22. The van der Waals surface area contributed by atoms with Crippen molar-refractivity contribution in [3.8, 4) is 23.0 Å². The Kier molecular flexibility index (Phi) is 7.04. The fourth-order valence-electron chi connectivity index (χ4n) is 2.93. The molecule has 3 N–H and O–H groups in total. The van der Waals surface area contributed by atoms with Gasteiger partial charge in [0, 0.05) is 37.0 Å².